The topological polar surface area (TPSA) is 60.2 Å². The first kappa shape index (κ1) is 12.1. The number of hydrogen-bond acceptors (Lipinski definition) is 4. The van der Waals surface area contributed by atoms with Gasteiger partial charge in [0.2, 0.25) is 0 Å². The van der Waals surface area contributed by atoms with Gasteiger partial charge in [-0.15, -0.1) is 0 Å². The summed E-state index contributed by atoms with van der Waals surface area (Å²) in [6, 6.07) is 2.93. The molecular weight excluding hydrogens is 348 g/mol. The Labute approximate surface area is 117 Å². The van der Waals surface area contributed by atoms with Crippen molar-refractivity contribution < 1.29 is 9.13 Å². The summed E-state index contributed by atoms with van der Waals surface area (Å²) in [7, 11) is 0. The Morgan fingerprint density at radius 1 is 1.44 bits per heavy atom. The van der Waals surface area contributed by atoms with Crippen LogP contribution in [-0.4, -0.2) is 11.6 Å². The standard InChI is InChI=1S/C12H11FIN3O/c13-6-3-7-11(17-15)8-5-18-2-1-10(8)16-12(7)9(14)4-6/h3-4H,1-2,5,15H2,(H,16,17). The van der Waals surface area contributed by atoms with Gasteiger partial charge in [-0.05, 0) is 34.7 Å². The summed E-state index contributed by atoms with van der Waals surface area (Å²) in [5, 5.41) is 0.700. The zero-order valence-electron chi connectivity index (χ0n) is 9.46. The number of hydrazine groups is 1. The van der Waals surface area contributed by atoms with E-state index in [-0.39, 0.29) is 5.82 Å². The Balaban J connectivity index is 2.40. The number of anilines is 1. The van der Waals surface area contributed by atoms with E-state index in [2.05, 4.69) is 33.0 Å². The molecular formula is C12H11FIN3O. The van der Waals surface area contributed by atoms with Crippen LogP contribution in [0.25, 0.3) is 10.9 Å². The largest absolute Gasteiger partial charge is 0.376 e. The molecule has 2 aromatic rings. The van der Waals surface area contributed by atoms with Gasteiger partial charge in [0.15, 0.2) is 0 Å². The monoisotopic (exact) mass is 359 g/mol. The number of halogens is 2. The number of aromatic nitrogens is 1. The van der Waals surface area contributed by atoms with Gasteiger partial charge in [-0.3, -0.25) is 10.8 Å². The fourth-order valence-electron chi connectivity index (χ4n) is 2.25. The first-order chi connectivity index (χ1) is 8.70. The fourth-order valence-corrected chi connectivity index (χ4v) is 2.96. The Hall–Kier alpha value is -0.990. The lowest BCUT2D eigenvalue weighted by molar-refractivity contribution is 0.110. The summed E-state index contributed by atoms with van der Waals surface area (Å²) in [6.07, 6.45) is 0.757. The van der Waals surface area contributed by atoms with Crippen molar-refractivity contribution in [1.29, 1.82) is 0 Å². The zero-order chi connectivity index (χ0) is 12.7. The van der Waals surface area contributed by atoms with E-state index in [9.17, 15) is 4.39 Å². The van der Waals surface area contributed by atoms with Crippen molar-refractivity contribution in [2.24, 2.45) is 5.84 Å². The van der Waals surface area contributed by atoms with Crippen molar-refractivity contribution in [2.45, 2.75) is 13.0 Å². The maximum Gasteiger partial charge on any atom is 0.125 e. The maximum atomic E-state index is 13.5. The van der Waals surface area contributed by atoms with E-state index in [1.165, 1.54) is 12.1 Å². The molecule has 0 radical (unpaired) electrons. The van der Waals surface area contributed by atoms with Crippen LogP contribution in [0.2, 0.25) is 0 Å². The summed E-state index contributed by atoms with van der Waals surface area (Å²) < 4.78 is 19.7. The molecule has 1 aliphatic rings. The highest BCUT2D eigenvalue weighted by atomic mass is 127. The van der Waals surface area contributed by atoms with Crippen molar-refractivity contribution in [3.63, 3.8) is 0 Å². The summed E-state index contributed by atoms with van der Waals surface area (Å²) in [6.45, 7) is 1.12. The van der Waals surface area contributed by atoms with Crippen molar-refractivity contribution >= 4 is 39.2 Å². The Morgan fingerprint density at radius 2 is 2.28 bits per heavy atom. The second-order valence-electron chi connectivity index (χ2n) is 4.14. The minimum absolute atomic E-state index is 0.290. The number of fused-ring (bicyclic) bond motifs is 2. The lowest BCUT2D eigenvalue weighted by Gasteiger charge is -2.21. The van der Waals surface area contributed by atoms with Crippen LogP contribution in [0.1, 0.15) is 11.3 Å². The van der Waals surface area contributed by atoms with Crippen molar-refractivity contribution in [2.75, 3.05) is 12.0 Å². The van der Waals surface area contributed by atoms with E-state index in [0.29, 0.717) is 24.3 Å². The molecule has 0 amide bonds. The molecule has 0 saturated heterocycles. The predicted molar refractivity (Wildman–Crippen MR) is 75.6 cm³/mol. The van der Waals surface area contributed by atoms with Crippen LogP contribution in [0.4, 0.5) is 10.1 Å². The van der Waals surface area contributed by atoms with Gasteiger partial charge in [0.1, 0.15) is 5.82 Å². The number of nitrogen functional groups attached to an aromatic ring is 1. The Morgan fingerprint density at radius 3 is 3.06 bits per heavy atom. The molecule has 0 atom stereocenters. The number of ether oxygens (including phenoxy) is 1. The molecule has 4 nitrogen and oxygen atoms in total. The summed E-state index contributed by atoms with van der Waals surface area (Å²) in [4.78, 5) is 4.62. The van der Waals surface area contributed by atoms with Gasteiger partial charge >= 0.3 is 0 Å². The van der Waals surface area contributed by atoms with Crippen LogP contribution in [0, 0.1) is 9.39 Å². The second-order valence-corrected chi connectivity index (χ2v) is 5.30. The number of rotatable bonds is 1. The van der Waals surface area contributed by atoms with Crippen LogP contribution < -0.4 is 11.3 Å². The highest BCUT2D eigenvalue weighted by Crippen LogP contribution is 2.33. The normalized spacial score (nSPS) is 14.6. The SMILES string of the molecule is NNc1c2c(nc3c(I)cc(F)cc13)CCOC2. The summed E-state index contributed by atoms with van der Waals surface area (Å²) in [5.74, 6) is 5.29. The third-order valence-electron chi connectivity index (χ3n) is 3.07. The number of nitrogens with zero attached hydrogens (tertiary/aromatic N) is 1. The minimum atomic E-state index is -0.290. The molecule has 0 spiro atoms. The van der Waals surface area contributed by atoms with Crippen LogP contribution in [0.3, 0.4) is 0 Å². The third kappa shape index (κ3) is 1.84. The first-order valence-electron chi connectivity index (χ1n) is 5.55. The van der Waals surface area contributed by atoms with Crippen molar-refractivity contribution in [1.82, 2.24) is 4.98 Å². The van der Waals surface area contributed by atoms with Gasteiger partial charge in [-0.25, -0.2) is 4.39 Å². The molecule has 6 heteroatoms. The minimum Gasteiger partial charge on any atom is -0.376 e. The number of hydrogen-bond donors (Lipinski definition) is 2. The lowest BCUT2D eigenvalue weighted by atomic mass is 10.0. The first-order valence-corrected chi connectivity index (χ1v) is 6.63. The fraction of sp³-hybridized carbons (Fsp3) is 0.250. The van der Waals surface area contributed by atoms with Gasteiger partial charge in [0.05, 0.1) is 30.1 Å². The zero-order valence-corrected chi connectivity index (χ0v) is 11.6. The van der Waals surface area contributed by atoms with E-state index in [0.717, 1.165) is 26.8 Å². The van der Waals surface area contributed by atoms with E-state index < -0.39 is 0 Å². The molecule has 0 saturated carbocycles. The Bertz CT molecular complexity index is 632. The summed E-state index contributed by atoms with van der Waals surface area (Å²) in [5.41, 5.74) is 6.07. The van der Waals surface area contributed by atoms with E-state index in [1.54, 1.807) is 0 Å². The smallest absolute Gasteiger partial charge is 0.125 e. The molecule has 0 bridgehead atoms. The lowest BCUT2D eigenvalue weighted by Crippen LogP contribution is -2.18. The van der Waals surface area contributed by atoms with Gasteiger partial charge in [-0.1, -0.05) is 0 Å². The molecule has 0 aliphatic carbocycles. The number of nitrogens with one attached hydrogen (secondary N) is 1. The van der Waals surface area contributed by atoms with Gasteiger partial charge in [0.25, 0.3) is 0 Å². The quantitative estimate of drug-likeness (QED) is 0.466. The van der Waals surface area contributed by atoms with Crippen LogP contribution in [0.5, 0.6) is 0 Å². The van der Waals surface area contributed by atoms with Crippen LogP contribution in [0.15, 0.2) is 12.1 Å². The molecule has 3 N–H and O–H groups in total. The van der Waals surface area contributed by atoms with Crippen molar-refractivity contribution in [3.8, 4) is 0 Å². The van der Waals surface area contributed by atoms with E-state index >= 15 is 0 Å². The molecule has 94 valence electrons. The predicted octanol–water partition coefficient (Wildman–Crippen LogP) is 2.34. The Kier molecular flexibility index (Phi) is 3.08. The third-order valence-corrected chi connectivity index (χ3v) is 3.89. The highest BCUT2D eigenvalue weighted by molar-refractivity contribution is 14.1. The molecule has 3 rings (SSSR count). The summed E-state index contributed by atoms with van der Waals surface area (Å²) >= 11 is 2.09. The number of benzene rings is 1. The van der Waals surface area contributed by atoms with Gasteiger partial charge in [-0.2, -0.15) is 0 Å². The molecule has 1 aromatic heterocycles. The molecule has 1 aliphatic heterocycles. The van der Waals surface area contributed by atoms with Gasteiger partial charge < -0.3 is 10.2 Å². The average molecular weight is 359 g/mol. The molecule has 2 heterocycles. The molecule has 18 heavy (non-hydrogen) atoms. The van der Waals surface area contributed by atoms with E-state index in [1.807, 2.05) is 0 Å². The van der Waals surface area contributed by atoms with Gasteiger partial charge in [0, 0.05) is 20.9 Å². The second kappa shape index (κ2) is 4.60. The van der Waals surface area contributed by atoms with Crippen molar-refractivity contribution in [3.05, 3.63) is 32.8 Å². The molecule has 0 unspecified atom stereocenters. The van der Waals surface area contributed by atoms with E-state index in [4.69, 9.17) is 10.6 Å². The number of nitrogens with two attached hydrogens (primary N) is 1. The molecule has 0 fully saturated rings. The highest BCUT2D eigenvalue weighted by Gasteiger charge is 2.19. The maximum absolute atomic E-state index is 13.5. The van der Waals surface area contributed by atoms with Crippen LogP contribution in [-0.2, 0) is 17.8 Å². The van der Waals surface area contributed by atoms with Crippen LogP contribution >= 0.6 is 22.6 Å². The number of pyridine rings is 1. The average Bonchev–Trinajstić information content (AvgIpc) is 2.36. The molecule has 1 aromatic carbocycles.